The smallest absolute Gasteiger partial charge is 0.194 e. The second-order valence-corrected chi connectivity index (χ2v) is 6.43. The number of piperazine rings is 1. The maximum absolute atomic E-state index is 10.0. The summed E-state index contributed by atoms with van der Waals surface area (Å²) in [5.74, 6) is 1.23. The first-order valence-electron chi connectivity index (χ1n) is 8.40. The first-order valence-corrected chi connectivity index (χ1v) is 8.78. The van der Waals surface area contributed by atoms with Crippen molar-refractivity contribution in [3.63, 3.8) is 0 Å². The van der Waals surface area contributed by atoms with Crippen molar-refractivity contribution in [2.75, 3.05) is 38.1 Å². The fourth-order valence-corrected chi connectivity index (χ4v) is 3.13. The van der Waals surface area contributed by atoms with Gasteiger partial charge >= 0.3 is 0 Å². The minimum Gasteiger partial charge on any atom is -0.506 e. The lowest BCUT2D eigenvalue weighted by atomic mass is 10.2. The van der Waals surface area contributed by atoms with Crippen LogP contribution in [0.1, 0.15) is 5.56 Å². The molecule has 1 fully saturated rings. The standard InChI is InChI=1S/C19H23ClN4O/c1-21-19(22-14-15-6-8-16(20)9-7-15)24-12-10-23(11-13-24)17-4-2-3-5-18(17)25/h2-9,25H,10-14H2,1H3,(H,21,22). The lowest BCUT2D eigenvalue weighted by Crippen LogP contribution is -2.52. The normalized spacial score (nSPS) is 15.4. The number of phenols is 1. The van der Waals surface area contributed by atoms with E-state index in [-0.39, 0.29) is 0 Å². The summed E-state index contributed by atoms with van der Waals surface area (Å²) in [5.41, 5.74) is 2.06. The number of benzene rings is 2. The second kappa shape index (κ2) is 8.12. The molecule has 0 aromatic heterocycles. The number of hydrogen-bond donors (Lipinski definition) is 2. The number of aromatic hydroxyl groups is 1. The minimum absolute atomic E-state index is 0.334. The first-order chi connectivity index (χ1) is 12.2. The van der Waals surface area contributed by atoms with Gasteiger partial charge in [0.25, 0.3) is 0 Å². The topological polar surface area (TPSA) is 51.1 Å². The van der Waals surface area contributed by atoms with Crippen LogP contribution in [0, 0.1) is 0 Å². The average molecular weight is 359 g/mol. The number of anilines is 1. The van der Waals surface area contributed by atoms with Gasteiger partial charge in [-0.05, 0) is 29.8 Å². The van der Waals surface area contributed by atoms with Crippen LogP contribution in [0.15, 0.2) is 53.5 Å². The maximum Gasteiger partial charge on any atom is 0.194 e. The molecule has 0 spiro atoms. The fraction of sp³-hybridized carbons (Fsp3) is 0.316. The molecule has 0 radical (unpaired) electrons. The number of nitrogens with one attached hydrogen (secondary N) is 1. The summed E-state index contributed by atoms with van der Waals surface area (Å²) in [7, 11) is 1.81. The van der Waals surface area contributed by atoms with Crippen molar-refractivity contribution in [1.82, 2.24) is 10.2 Å². The third kappa shape index (κ3) is 4.37. The average Bonchev–Trinajstić information content (AvgIpc) is 2.65. The molecule has 0 atom stereocenters. The van der Waals surface area contributed by atoms with E-state index in [1.165, 1.54) is 5.56 Å². The Morgan fingerprint density at radius 3 is 2.40 bits per heavy atom. The summed E-state index contributed by atoms with van der Waals surface area (Å²) >= 11 is 5.92. The van der Waals surface area contributed by atoms with Crippen LogP contribution in [-0.2, 0) is 6.54 Å². The third-order valence-electron chi connectivity index (χ3n) is 4.38. The van der Waals surface area contributed by atoms with Crippen molar-refractivity contribution in [2.24, 2.45) is 4.99 Å². The zero-order valence-corrected chi connectivity index (χ0v) is 15.1. The van der Waals surface area contributed by atoms with Crippen LogP contribution >= 0.6 is 11.6 Å². The second-order valence-electron chi connectivity index (χ2n) is 5.99. The monoisotopic (exact) mass is 358 g/mol. The first kappa shape index (κ1) is 17.4. The van der Waals surface area contributed by atoms with E-state index in [0.717, 1.165) is 42.8 Å². The maximum atomic E-state index is 10.0. The Morgan fingerprint density at radius 2 is 1.76 bits per heavy atom. The molecule has 1 aliphatic heterocycles. The quantitative estimate of drug-likeness (QED) is 0.654. The van der Waals surface area contributed by atoms with E-state index in [9.17, 15) is 5.11 Å². The van der Waals surface area contributed by atoms with Crippen LogP contribution in [0.4, 0.5) is 5.69 Å². The highest BCUT2D eigenvalue weighted by Crippen LogP contribution is 2.27. The van der Waals surface area contributed by atoms with Gasteiger partial charge in [-0.15, -0.1) is 0 Å². The summed E-state index contributed by atoms with van der Waals surface area (Å²) in [5, 5.41) is 14.2. The zero-order valence-electron chi connectivity index (χ0n) is 14.3. The summed E-state index contributed by atoms with van der Waals surface area (Å²) < 4.78 is 0. The number of phenolic OH excluding ortho intramolecular Hbond substituents is 1. The van der Waals surface area contributed by atoms with Gasteiger partial charge < -0.3 is 20.2 Å². The number of nitrogens with zero attached hydrogens (tertiary/aromatic N) is 3. The summed E-state index contributed by atoms with van der Waals surface area (Å²) in [6.45, 7) is 4.12. The largest absolute Gasteiger partial charge is 0.506 e. The highest BCUT2D eigenvalue weighted by molar-refractivity contribution is 6.30. The van der Waals surface area contributed by atoms with Crippen molar-refractivity contribution in [3.8, 4) is 5.75 Å². The molecule has 3 rings (SSSR count). The Balaban J connectivity index is 1.55. The van der Waals surface area contributed by atoms with E-state index in [1.807, 2.05) is 42.5 Å². The predicted molar refractivity (Wildman–Crippen MR) is 104 cm³/mol. The van der Waals surface area contributed by atoms with Gasteiger partial charge in [-0.1, -0.05) is 35.9 Å². The molecule has 0 unspecified atom stereocenters. The fourth-order valence-electron chi connectivity index (χ4n) is 3.01. The van der Waals surface area contributed by atoms with E-state index in [0.29, 0.717) is 12.3 Å². The predicted octanol–water partition coefficient (Wildman–Crippen LogP) is 2.94. The van der Waals surface area contributed by atoms with Gasteiger partial charge in [-0.2, -0.15) is 0 Å². The molecule has 5 nitrogen and oxygen atoms in total. The van der Waals surface area contributed by atoms with Gasteiger partial charge in [-0.25, -0.2) is 0 Å². The van der Waals surface area contributed by atoms with Gasteiger partial charge in [0.1, 0.15) is 5.75 Å². The van der Waals surface area contributed by atoms with Gasteiger partial charge in [-0.3, -0.25) is 4.99 Å². The van der Waals surface area contributed by atoms with Crippen LogP contribution in [0.25, 0.3) is 0 Å². The molecule has 1 aliphatic rings. The Kier molecular flexibility index (Phi) is 5.66. The molecule has 0 saturated carbocycles. The molecule has 0 bridgehead atoms. The third-order valence-corrected chi connectivity index (χ3v) is 4.63. The van der Waals surface area contributed by atoms with Crippen LogP contribution in [0.2, 0.25) is 5.02 Å². The van der Waals surface area contributed by atoms with Gasteiger partial charge in [0, 0.05) is 44.8 Å². The summed E-state index contributed by atoms with van der Waals surface area (Å²) in [6.07, 6.45) is 0. The van der Waals surface area contributed by atoms with E-state index in [2.05, 4.69) is 20.1 Å². The Hall–Kier alpha value is -2.40. The Bertz CT molecular complexity index is 724. The zero-order chi connectivity index (χ0) is 17.6. The molecule has 1 saturated heterocycles. The van der Waals surface area contributed by atoms with Crippen LogP contribution in [-0.4, -0.2) is 49.2 Å². The molecule has 0 aliphatic carbocycles. The van der Waals surface area contributed by atoms with Crippen molar-refractivity contribution < 1.29 is 5.11 Å². The molecule has 2 aromatic carbocycles. The van der Waals surface area contributed by atoms with Crippen molar-refractivity contribution >= 4 is 23.2 Å². The Labute approximate surface area is 153 Å². The van der Waals surface area contributed by atoms with Crippen LogP contribution in [0.5, 0.6) is 5.75 Å². The molecule has 25 heavy (non-hydrogen) atoms. The van der Waals surface area contributed by atoms with E-state index < -0.39 is 0 Å². The van der Waals surface area contributed by atoms with E-state index >= 15 is 0 Å². The van der Waals surface area contributed by atoms with Gasteiger partial charge in [0.05, 0.1) is 5.69 Å². The molecule has 132 valence electrons. The molecule has 0 amide bonds. The highest BCUT2D eigenvalue weighted by atomic mass is 35.5. The lowest BCUT2D eigenvalue weighted by Gasteiger charge is -2.37. The van der Waals surface area contributed by atoms with Crippen LogP contribution in [0.3, 0.4) is 0 Å². The number of hydrogen-bond acceptors (Lipinski definition) is 3. The molecular formula is C19H23ClN4O. The Morgan fingerprint density at radius 1 is 1.08 bits per heavy atom. The van der Waals surface area contributed by atoms with Gasteiger partial charge in [0.15, 0.2) is 5.96 Å². The van der Waals surface area contributed by atoms with Crippen molar-refractivity contribution in [1.29, 1.82) is 0 Å². The number of para-hydroxylation sites is 2. The SMILES string of the molecule is CN=C(NCc1ccc(Cl)cc1)N1CCN(c2ccccc2O)CC1. The van der Waals surface area contributed by atoms with Crippen molar-refractivity contribution in [2.45, 2.75) is 6.54 Å². The molecular weight excluding hydrogens is 336 g/mol. The summed E-state index contributed by atoms with van der Waals surface area (Å²) in [6, 6.07) is 15.3. The lowest BCUT2D eigenvalue weighted by molar-refractivity contribution is 0.369. The van der Waals surface area contributed by atoms with E-state index in [4.69, 9.17) is 11.6 Å². The van der Waals surface area contributed by atoms with Gasteiger partial charge in [0.2, 0.25) is 0 Å². The highest BCUT2D eigenvalue weighted by Gasteiger charge is 2.21. The number of aliphatic imine (C=N–C) groups is 1. The molecule has 2 aromatic rings. The van der Waals surface area contributed by atoms with E-state index in [1.54, 1.807) is 13.1 Å². The molecule has 6 heteroatoms. The molecule has 1 heterocycles. The molecule has 2 N–H and O–H groups in total. The van der Waals surface area contributed by atoms with Crippen LogP contribution < -0.4 is 10.2 Å². The summed E-state index contributed by atoms with van der Waals surface area (Å²) in [4.78, 5) is 8.85. The number of halogens is 1. The number of rotatable bonds is 3. The van der Waals surface area contributed by atoms with Crippen molar-refractivity contribution in [3.05, 3.63) is 59.1 Å². The minimum atomic E-state index is 0.334. The number of guanidine groups is 1.